The number of carbonyl (C=O) groups excluding carboxylic acids is 1. The first-order valence-electron chi connectivity index (χ1n) is 4.63. The van der Waals surface area contributed by atoms with Gasteiger partial charge < -0.3 is 5.11 Å². The van der Waals surface area contributed by atoms with Crippen LogP contribution in [0.2, 0.25) is 0 Å². The Bertz CT molecular complexity index is 508. The van der Waals surface area contributed by atoms with Crippen molar-refractivity contribution in [2.24, 2.45) is 0 Å². The number of H-pyrrole nitrogens is 1. The summed E-state index contributed by atoms with van der Waals surface area (Å²) in [5.41, 5.74) is 1.17. The number of hydrogen-bond donors (Lipinski definition) is 3. The van der Waals surface area contributed by atoms with E-state index in [-0.39, 0.29) is 17.6 Å². The summed E-state index contributed by atoms with van der Waals surface area (Å²) in [7, 11) is 0. The third kappa shape index (κ3) is 2.00. The van der Waals surface area contributed by atoms with E-state index in [0.717, 1.165) is 0 Å². The molecule has 0 aliphatic heterocycles. The number of amides is 1. The highest BCUT2D eigenvalue weighted by molar-refractivity contribution is 6.04. The van der Waals surface area contributed by atoms with Crippen LogP contribution in [0.3, 0.4) is 0 Å². The Balaban J connectivity index is 2.21. The number of carbonyl (C=O) groups is 1. The van der Waals surface area contributed by atoms with Crippen molar-refractivity contribution in [1.29, 1.82) is 0 Å². The van der Waals surface area contributed by atoms with Gasteiger partial charge in [-0.25, -0.2) is 5.10 Å². The van der Waals surface area contributed by atoms with Crippen molar-refractivity contribution in [2.45, 2.75) is 6.92 Å². The van der Waals surface area contributed by atoms with Crippen LogP contribution in [0.15, 0.2) is 24.5 Å². The zero-order valence-electron chi connectivity index (χ0n) is 8.56. The second kappa shape index (κ2) is 4.01. The number of aromatic amines is 1. The van der Waals surface area contributed by atoms with E-state index < -0.39 is 0 Å². The number of rotatable bonds is 2. The number of phenols is 1. The Morgan fingerprint density at radius 1 is 1.50 bits per heavy atom. The SMILES string of the molecule is Cc1cc(O)ccc1C(=O)Nc1ncn[nH]1. The molecule has 1 aromatic carbocycles. The number of anilines is 1. The van der Waals surface area contributed by atoms with E-state index in [4.69, 9.17) is 0 Å². The van der Waals surface area contributed by atoms with Crippen LogP contribution in [0.25, 0.3) is 0 Å². The minimum Gasteiger partial charge on any atom is -0.508 e. The van der Waals surface area contributed by atoms with Crippen LogP contribution in [0.5, 0.6) is 5.75 Å². The number of hydrogen-bond acceptors (Lipinski definition) is 4. The summed E-state index contributed by atoms with van der Waals surface area (Å²) < 4.78 is 0. The fourth-order valence-electron chi connectivity index (χ4n) is 1.34. The van der Waals surface area contributed by atoms with Gasteiger partial charge in [0, 0.05) is 5.56 Å². The molecule has 82 valence electrons. The minimum absolute atomic E-state index is 0.133. The maximum Gasteiger partial charge on any atom is 0.258 e. The normalized spacial score (nSPS) is 10.1. The summed E-state index contributed by atoms with van der Waals surface area (Å²) in [5.74, 6) is 0.125. The minimum atomic E-state index is -0.297. The summed E-state index contributed by atoms with van der Waals surface area (Å²) in [4.78, 5) is 15.5. The first-order valence-corrected chi connectivity index (χ1v) is 4.63. The van der Waals surface area contributed by atoms with Crippen molar-refractivity contribution < 1.29 is 9.90 Å². The summed E-state index contributed by atoms with van der Waals surface area (Å²) in [5, 5.41) is 17.9. The number of nitrogens with one attached hydrogen (secondary N) is 2. The fraction of sp³-hybridized carbons (Fsp3) is 0.100. The Kier molecular flexibility index (Phi) is 2.55. The second-order valence-electron chi connectivity index (χ2n) is 3.29. The molecule has 1 heterocycles. The van der Waals surface area contributed by atoms with Crippen molar-refractivity contribution in [3.05, 3.63) is 35.7 Å². The predicted molar refractivity (Wildman–Crippen MR) is 57.2 cm³/mol. The van der Waals surface area contributed by atoms with E-state index in [1.54, 1.807) is 13.0 Å². The highest BCUT2D eigenvalue weighted by atomic mass is 16.3. The van der Waals surface area contributed by atoms with Gasteiger partial charge in [0.2, 0.25) is 5.95 Å². The Hall–Kier alpha value is -2.37. The molecule has 0 saturated heterocycles. The molecule has 6 heteroatoms. The molecule has 0 fully saturated rings. The van der Waals surface area contributed by atoms with Crippen molar-refractivity contribution in [3.8, 4) is 5.75 Å². The van der Waals surface area contributed by atoms with E-state index in [9.17, 15) is 9.90 Å². The summed E-state index contributed by atoms with van der Waals surface area (Å²) in [6.07, 6.45) is 1.30. The number of aromatic hydroxyl groups is 1. The quantitative estimate of drug-likeness (QED) is 0.703. The van der Waals surface area contributed by atoms with E-state index in [0.29, 0.717) is 11.1 Å². The molecule has 1 amide bonds. The van der Waals surface area contributed by atoms with Crippen molar-refractivity contribution in [1.82, 2.24) is 15.2 Å². The summed E-state index contributed by atoms with van der Waals surface area (Å²) in [6.45, 7) is 1.75. The van der Waals surface area contributed by atoms with Gasteiger partial charge in [0.25, 0.3) is 5.91 Å². The van der Waals surface area contributed by atoms with Gasteiger partial charge >= 0.3 is 0 Å². The van der Waals surface area contributed by atoms with Crippen LogP contribution in [0.1, 0.15) is 15.9 Å². The average Bonchev–Trinajstić information content (AvgIpc) is 2.70. The number of benzene rings is 1. The lowest BCUT2D eigenvalue weighted by Gasteiger charge is -2.05. The molecule has 2 rings (SSSR count). The standard InChI is InChI=1S/C10H10N4O2/c1-6-4-7(15)2-3-8(6)9(16)13-10-11-5-12-14-10/h2-5,15H,1H3,(H2,11,12,13,14,16). The van der Waals surface area contributed by atoms with E-state index in [2.05, 4.69) is 20.5 Å². The first-order chi connectivity index (χ1) is 7.66. The van der Waals surface area contributed by atoms with Gasteiger partial charge in [-0.3, -0.25) is 10.1 Å². The van der Waals surface area contributed by atoms with Gasteiger partial charge in [-0.1, -0.05) is 0 Å². The van der Waals surface area contributed by atoms with Crippen molar-refractivity contribution in [2.75, 3.05) is 5.32 Å². The Morgan fingerprint density at radius 2 is 2.31 bits per heavy atom. The topological polar surface area (TPSA) is 90.9 Å². The van der Waals surface area contributed by atoms with Crippen LogP contribution >= 0.6 is 0 Å². The van der Waals surface area contributed by atoms with E-state index in [1.807, 2.05) is 0 Å². The molecule has 0 atom stereocenters. The Labute approximate surface area is 91.3 Å². The lowest BCUT2D eigenvalue weighted by molar-refractivity contribution is 0.102. The number of aromatic nitrogens is 3. The van der Waals surface area contributed by atoms with E-state index in [1.165, 1.54) is 18.5 Å². The number of nitrogens with zero attached hydrogens (tertiary/aromatic N) is 2. The van der Waals surface area contributed by atoms with Gasteiger partial charge in [0.1, 0.15) is 12.1 Å². The first kappa shape index (κ1) is 10.2. The van der Waals surface area contributed by atoms with Crippen LogP contribution in [0.4, 0.5) is 5.95 Å². The van der Waals surface area contributed by atoms with Crippen LogP contribution in [0, 0.1) is 6.92 Å². The van der Waals surface area contributed by atoms with Crippen molar-refractivity contribution in [3.63, 3.8) is 0 Å². The van der Waals surface area contributed by atoms with Gasteiger partial charge in [0.15, 0.2) is 0 Å². The van der Waals surface area contributed by atoms with Gasteiger partial charge in [-0.2, -0.15) is 10.1 Å². The third-order valence-electron chi connectivity index (χ3n) is 2.10. The number of phenolic OH excluding ortho intramolecular Hbond substituents is 1. The monoisotopic (exact) mass is 218 g/mol. The van der Waals surface area contributed by atoms with Gasteiger partial charge in [0.05, 0.1) is 0 Å². The van der Waals surface area contributed by atoms with Crippen LogP contribution in [-0.2, 0) is 0 Å². The number of aryl methyl sites for hydroxylation is 1. The molecule has 16 heavy (non-hydrogen) atoms. The molecule has 1 aromatic heterocycles. The molecule has 0 aliphatic rings. The molecular formula is C10H10N4O2. The summed E-state index contributed by atoms with van der Waals surface area (Å²) >= 11 is 0. The van der Waals surface area contributed by atoms with Crippen LogP contribution in [-0.4, -0.2) is 26.2 Å². The molecule has 0 saturated carbocycles. The molecule has 2 aromatic rings. The van der Waals surface area contributed by atoms with Crippen molar-refractivity contribution >= 4 is 11.9 Å². The van der Waals surface area contributed by atoms with Gasteiger partial charge in [-0.05, 0) is 30.7 Å². The summed E-state index contributed by atoms with van der Waals surface area (Å²) in [6, 6.07) is 4.54. The second-order valence-corrected chi connectivity index (χ2v) is 3.29. The molecular weight excluding hydrogens is 208 g/mol. The molecule has 0 aliphatic carbocycles. The predicted octanol–water partition coefficient (Wildman–Crippen LogP) is 1.07. The van der Waals surface area contributed by atoms with Gasteiger partial charge in [-0.15, -0.1) is 0 Å². The zero-order valence-corrected chi connectivity index (χ0v) is 8.56. The van der Waals surface area contributed by atoms with E-state index >= 15 is 0 Å². The lowest BCUT2D eigenvalue weighted by atomic mass is 10.1. The molecule has 0 spiro atoms. The highest BCUT2D eigenvalue weighted by Crippen LogP contribution is 2.16. The smallest absolute Gasteiger partial charge is 0.258 e. The zero-order chi connectivity index (χ0) is 11.5. The molecule has 0 bridgehead atoms. The molecule has 6 nitrogen and oxygen atoms in total. The lowest BCUT2D eigenvalue weighted by Crippen LogP contribution is -2.14. The highest BCUT2D eigenvalue weighted by Gasteiger charge is 2.10. The Morgan fingerprint density at radius 3 is 2.94 bits per heavy atom. The third-order valence-corrected chi connectivity index (χ3v) is 2.10. The largest absolute Gasteiger partial charge is 0.508 e. The fourth-order valence-corrected chi connectivity index (χ4v) is 1.34. The maximum atomic E-state index is 11.8. The van der Waals surface area contributed by atoms with Crippen LogP contribution < -0.4 is 5.32 Å². The molecule has 0 radical (unpaired) electrons. The maximum absolute atomic E-state index is 11.8. The average molecular weight is 218 g/mol. The molecule has 3 N–H and O–H groups in total. The molecule has 0 unspecified atom stereocenters.